The maximum absolute atomic E-state index is 11.9. The third-order valence-corrected chi connectivity index (χ3v) is 3.94. The number of nitrogens with zero attached hydrogens (tertiary/aromatic N) is 1. The molecule has 1 aromatic carbocycles. The molecule has 3 N–H and O–H groups in total. The highest BCUT2D eigenvalue weighted by atomic mass is 16.5. The van der Waals surface area contributed by atoms with E-state index < -0.39 is 0 Å². The molecule has 5 heteroatoms. The lowest BCUT2D eigenvalue weighted by Gasteiger charge is -2.38. The molecular formula is C16H24N2O3. The van der Waals surface area contributed by atoms with Crippen molar-refractivity contribution in [2.24, 2.45) is 0 Å². The van der Waals surface area contributed by atoms with Gasteiger partial charge in [-0.3, -0.25) is 0 Å². The average Bonchev–Trinajstić information content (AvgIpc) is 2.49. The quantitative estimate of drug-likeness (QED) is 0.642. The van der Waals surface area contributed by atoms with Crippen LogP contribution in [-0.2, 0) is 4.74 Å². The van der Waals surface area contributed by atoms with Crippen LogP contribution in [0.4, 0.5) is 11.4 Å². The fourth-order valence-corrected chi connectivity index (χ4v) is 2.90. The highest BCUT2D eigenvalue weighted by Crippen LogP contribution is 2.32. The Hall–Kier alpha value is -1.75. The van der Waals surface area contributed by atoms with Crippen molar-refractivity contribution in [3.05, 3.63) is 23.8 Å². The van der Waals surface area contributed by atoms with E-state index in [1.807, 2.05) is 6.07 Å². The van der Waals surface area contributed by atoms with E-state index in [9.17, 15) is 9.90 Å². The molecule has 0 amide bonds. The summed E-state index contributed by atoms with van der Waals surface area (Å²) in [7, 11) is 0. The molecule has 1 aliphatic heterocycles. The normalized spacial score (nSPS) is 18.6. The highest BCUT2D eigenvalue weighted by Gasteiger charge is 2.24. The van der Waals surface area contributed by atoms with E-state index in [-0.39, 0.29) is 18.6 Å². The average molecular weight is 292 g/mol. The van der Waals surface area contributed by atoms with E-state index in [0.29, 0.717) is 17.9 Å². The van der Waals surface area contributed by atoms with Crippen LogP contribution >= 0.6 is 0 Å². The van der Waals surface area contributed by atoms with Gasteiger partial charge in [-0.1, -0.05) is 0 Å². The fraction of sp³-hybridized carbons (Fsp3) is 0.562. The predicted molar refractivity (Wildman–Crippen MR) is 83.5 cm³/mol. The van der Waals surface area contributed by atoms with E-state index in [4.69, 9.17) is 10.5 Å². The molecule has 21 heavy (non-hydrogen) atoms. The molecule has 0 aromatic heterocycles. The zero-order chi connectivity index (χ0) is 15.2. The van der Waals surface area contributed by atoms with Gasteiger partial charge in [0.05, 0.1) is 23.5 Å². The lowest BCUT2D eigenvalue weighted by Crippen LogP contribution is -2.40. The van der Waals surface area contributed by atoms with Gasteiger partial charge >= 0.3 is 5.97 Å². The van der Waals surface area contributed by atoms with Crippen molar-refractivity contribution in [2.75, 3.05) is 30.4 Å². The second-order valence-electron chi connectivity index (χ2n) is 5.35. The second-order valence-corrected chi connectivity index (χ2v) is 5.35. The van der Waals surface area contributed by atoms with Crippen molar-refractivity contribution in [3.63, 3.8) is 0 Å². The number of aliphatic hydroxyl groups excluding tert-OH is 1. The number of esters is 1. The summed E-state index contributed by atoms with van der Waals surface area (Å²) in [5.74, 6) is -0.325. The lowest BCUT2D eigenvalue weighted by atomic mass is 9.98. The van der Waals surface area contributed by atoms with Gasteiger partial charge in [0.25, 0.3) is 0 Å². The maximum Gasteiger partial charge on any atom is 0.338 e. The Bertz CT molecular complexity index is 488. The maximum atomic E-state index is 11.9. The number of hydrogen-bond acceptors (Lipinski definition) is 5. The molecule has 2 rings (SSSR count). The first-order valence-electron chi connectivity index (χ1n) is 7.61. The van der Waals surface area contributed by atoms with Gasteiger partial charge in [0.15, 0.2) is 0 Å². The molecule has 5 nitrogen and oxygen atoms in total. The van der Waals surface area contributed by atoms with E-state index in [0.717, 1.165) is 31.5 Å². The zero-order valence-electron chi connectivity index (χ0n) is 12.5. The largest absolute Gasteiger partial charge is 0.462 e. The van der Waals surface area contributed by atoms with Crippen molar-refractivity contribution in [1.82, 2.24) is 0 Å². The number of ether oxygens (including phenoxy) is 1. The van der Waals surface area contributed by atoms with Crippen molar-refractivity contribution in [2.45, 2.75) is 38.6 Å². The van der Waals surface area contributed by atoms with E-state index in [1.165, 1.54) is 6.42 Å². The smallest absolute Gasteiger partial charge is 0.338 e. The molecule has 0 aliphatic carbocycles. The van der Waals surface area contributed by atoms with Crippen molar-refractivity contribution < 1.29 is 14.6 Å². The van der Waals surface area contributed by atoms with Crippen LogP contribution in [0.15, 0.2) is 18.2 Å². The number of carbonyl (C=O) groups excluding carboxylic acids is 1. The van der Waals surface area contributed by atoms with E-state index >= 15 is 0 Å². The van der Waals surface area contributed by atoms with Crippen LogP contribution in [0.2, 0.25) is 0 Å². The van der Waals surface area contributed by atoms with Crippen molar-refractivity contribution in [3.8, 4) is 0 Å². The molecule has 1 aliphatic rings. The summed E-state index contributed by atoms with van der Waals surface area (Å²) in [6.07, 6.45) is 4.04. The topological polar surface area (TPSA) is 75.8 Å². The third kappa shape index (κ3) is 3.67. The van der Waals surface area contributed by atoms with Crippen LogP contribution in [0.25, 0.3) is 0 Å². The molecule has 0 radical (unpaired) electrons. The first-order chi connectivity index (χ1) is 10.2. The summed E-state index contributed by atoms with van der Waals surface area (Å²) < 4.78 is 5.05. The van der Waals surface area contributed by atoms with E-state index in [2.05, 4.69) is 4.90 Å². The molecule has 1 unspecified atom stereocenters. The summed E-state index contributed by atoms with van der Waals surface area (Å²) in [5.41, 5.74) is 8.15. The number of aliphatic hydroxyl groups is 1. The number of piperidine rings is 1. The summed E-state index contributed by atoms with van der Waals surface area (Å²) >= 11 is 0. The molecule has 1 heterocycles. The standard InChI is InChI=1S/C16H24N2O3/c1-2-21-16(20)12-6-7-14(17)15(11-12)18-9-4-3-5-13(18)8-10-19/h6-7,11,13,19H,2-5,8-10,17H2,1H3. The number of anilines is 2. The van der Waals surface area contributed by atoms with Gasteiger partial charge in [0.2, 0.25) is 0 Å². The van der Waals surface area contributed by atoms with Gasteiger partial charge in [-0.25, -0.2) is 4.79 Å². The predicted octanol–water partition coefficient (Wildman–Crippen LogP) is 2.19. The van der Waals surface area contributed by atoms with Gasteiger partial charge < -0.3 is 20.5 Å². The van der Waals surface area contributed by atoms with Gasteiger partial charge in [-0.05, 0) is 50.8 Å². The Kier molecular flexibility index (Phi) is 5.44. The Morgan fingerprint density at radius 1 is 1.48 bits per heavy atom. The molecule has 1 atom stereocenters. The summed E-state index contributed by atoms with van der Waals surface area (Å²) in [5, 5.41) is 9.23. The second kappa shape index (κ2) is 7.31. The number of nitrogen functional groups attached to an aromatic ring is 1. The number of benzene rings is 1. The van der Waals surface area contributed by atoms with Gasteiger partial charge in [0, 0.05) is 19.2 Å². The van der Waals surface area contributed by atoms with Crippen LogP contribution < -0.4 is 10.6 Å². The summed E-state index contributed by atoms with van der Waals surface area (Å²) in [6, 6.07) is 5.54. The molecular weight excluding hydrogens is 268 g/mol. The lowest BCUT2D eigenvalue weighted by molar-refractivity contribution is 0.0526. The van der Waals surface area contributed by atoms with Crippen LogP contribution in [-0.4, -0.2) is 36.9 Å². The van der Waals surface area contributed by atoms with Crippen LogP contribution in [0.5, 0.6) is 0 Å². The molecule has 0 bridgehead atoms. The van der Waals surface area contributed by atoms with Crippen LogP contribution in [0, 0.1) is 0 Å². The minimum absolute atomic E-state index is 0.165. The number of hydrogen-bond donors (Lipinski definition) is 2. The molecule has 1 fully saturated rings. The fourth-order valence-electron chi connectivity index (χ4n) is 2.90. The third-order valence-electron chi connectivity index (χ3n) is 3.94. The summed E-state index contributed by atoms with van der Waals surface area (Å²) in [4.78, 5) is 14.1. The van der Waals surface area contributed by atoms with Crippen molar-refractivity contribution >= 4 is 17.3 Å². The molecule has 0 spiro atoms. The van der Waals surface area contributed by atoms with Gasteiger partial charge in [-0.2, -0.15) is 0 Å². The summed E-state index contributed by atoms with van der Waals surface area (Å²) in [6.45, 7) is 3.22. The first kappa shape index (κ1) is 15.6. The van der Waals surface area contributed by atoms with Crippen LogP contribution in [0.1, 0.15) is 43.0 Å². The number of rotatable bonds is 5. The monoisotopic (exact) mass is 292 g/mol. The van der Waals surface area contributed by atoms with Gasteiger partial charge in [-0.15, -0.1) is 0 Å². The van der Waals surface area contributed by atoms with E-state index in [1.54, 1.807) is 19.1 Å². The highest BCUT2D eigenvalue weighted by molar-refractivity contribution is 5.92. The first-order valence-corrected chi connectivity index (χ1v) is 7.61. The Morgan fingerprint density at radius 2 is 2.29 bits per heavy atom. The number of carbonyl (C=O) groups is 1. The Labute approximate surface area is 125 Å². The molecule has 1 aromatic rings. The van der Waals surface area contributed by atoms with Crippen molar-refractivity contribution in [1.29, 1.82) is 0 Å². The molecule has 116 valence electrons. The zero-order valence-corrected chi connectivity index (χ0v) is 12.5. The van der Waals surface area contributed by atoms with Gasteiger partial charge in [0.1, 0.15) is 0 Å². The SMILES string of the molecule is CCOC(=O)c1ccc(N)c(N2CCCCC2CCO)c1. The Morgan fingerprint density at radius 3 is 3.00 bits per heavy atom. The number of nitrogens with two attached hydrogens (primary N) is 1. The Balaban J connectivity index is 2.27. The van der Waals surface area contributed by atoms with Crippen LogP contribution in [0.3, 0.4) is 0 Å². The minimum atomic E-state index is -0.325. The minimum Gasteiger partial charge on any atom is -0.462 e. The molecule has 0 saturated carbocycles. The molecule has 1 saturated heterocycles.